The van der Waals surface area contributed by atoms with E-state index in [9.17, 15) is 9.59 Å². The smallest absolute Gasteiger partial charge is 0.266 e. The number of para-hydroxylation sites is 1. The normalized spacial score (nSPS) is 12.0. The van der Waals surface area contributed by atoms with Crippen LogP contribution in [0.2, 0.25) is 5.02 Å². The molecule has 0 spiro atoms. The third-order valence-corrected chi connectivity index (χ3v) is 6.99. The predicted molar refractivity (Wildman–Crippen MR) is 150 cm³/mol. The summed E-state index contributed by atoms with van der Waals surface area (Å²) >= 11 is 9.81. The Labute approximate surface area is 224 Å². The summed E-state index contributed by atoms with van der Waals surface area (Å²) in [5, 5.41) is 1.04. The number of amides is 1. The molecule has 0 saturated heterocycles. The second-order valence-electron chi connectivity index (χ2n) is 8.75. The number of hydrogen-bond donors (Lipinski definition) is 0. The highest BCUT2D eigenvalue weighted by atomic mass is 79.9. The molecule has 1 atom stereocenters. The minimum absolute atomic E-state index is 0.0840. The molecule has 7 heteroatoms. The van der Waals surface area contributed by atoms with Gasteiger partial charge in [0, 0.05) is 21.6 Å². The molecule has 5 nitrogen and oxygen atoms in total. The lowest BCUT2D eigenvalue weighted by Gasteiger charge is -2.32. The Kier molecular flexibility index (Phi) is 8.60. The highest BCUT2D eigenvalue weighted by molar-refractivity contribution is 9.10. The largest absolute Gasteiger partial charge is 0.328 e. The van der Waals surface area contributed by atoms with Crippen LogP contribution in [-0.4, -0.2) is 26.9 Å². The van der Waals surface area contributed by atoms with Crippen molar-refractivity contribution < 1.29 is 4.79 Å². The molecule has 0 aliphatic heterocycles. The van der Waals surface area contributed by atoms with Gasteiger partial charge in [-0.25, -0.2) is 4.98 Å². The number of aromatic nitrogens is 2. The minimum atomic E-state index is -0.412. The van der Waals surface area contributed by atoms with Crippen LogP contribution in [0.5, 0.6) is 0 Å². The van der Waals surface area contributed by atoms with Gasteiger partial charge in [0.15, 0.2) is 0 Å². The van der Waals surface area contributed by atoms with Crippen LogP contribution in [0.25, 0.3) is 16.6 Å². The van der Waals surface area contributed by atoms with Crippen LogP contribution in [0.3, 0.4) is 0 Å². The number of carbonyl (C=O) groups is 1. The third-order valence-electron chi connectivity index (χ3n) is 6.26. The first kappa shape index (κ1) is 26.1. The van der Waals surface area contributed by atoms with Gasteiger partial charge in [-0.3, -0.25) is 14.2 Å². The Morgan fingerprint density at radius 3 is 2.53 bits per heavy atom. The quantitative estimate of drug-likeness (QED) is 0.196. The van der Waals surface area contributed by atoms with Crippen molar-refractivity contribution in [3.8, 4) is 5.69 Å². The van der Waals surface area contributed by atoms with Crippen LogP contribution in [0.4, 0.5) is 0 Å². The first-order chi connectivity index (χ1) is 17.4. The lowest BCUT2D eigenvalue weighted by molar-refractivity contribution is 0.0655. The summed E-state index contributed by atoms with van der Waals surface area (Å²) in [7, 11) is 0. The van der Waals surface area contributed by atoms with E-state index in [-0.39, 0.29) is 11.5 Å². The molecule has 4 rings (SSSR count). The monoisotopic (exact) mass is 565 g/mol. The maximum Gasteiger partial charge on any atom is 0.266 e. The number of rotatable bonds is 9. The fraction of sp³-hybridized carbons (Fsp3) is 0.276. The number of hydrogen-bond acceptors (Lipinski definition) is 3. The van der Waals surface area contributed by atoms with Gasteiger partial charge in [0.2, 0.25) is 0 Å². The Morgan fingerprint density at radius 1 is 1.03 bits per heavy atom. The zero-order valence-electron chi connectivity index (χ0n) is 20.5. The van der Waals surface area contributed by atoms with E-state index in [1.807, 2.05) is 66.4 Å². The van der Waals surface area contributed by atoms with E-state index < -0.39 is 6.04 Å². The van der Waals surface area contributed by atoms with Crippen LogP contribution in [0.15, 0.2) is 82.1 Å². The Bertz CT molecular complexity index is 1440. The van der Waals surface area contributed by atoms with Crippen LogP contribution in [0.1, 0.15) is 61.8 Å². The number of unbranched alkanes of at least 4 members (excludes halogenated alkanes) is 2. The standard InChI is InChI=1S/C29H29BrClN3O2/c1-3-5-8-17-33(28(35)20-11-9-12-21(30)18-20)26(4-2)27-32-25-16-7-6-15-24(25)29(36)34(27)23-14-10-13-22(31)19-23/h6-7,9-16,18-19,26H,3-5,8,17H2,1-2H3. The van der Waals surface area contributed by atoms with Crippen molar-refractivity contribution in [1.29, 1.82) is 0 Å². The van der Waals surface area contributed by atoms with E-state index in [1.54, 1.807) is 22.8 Å². The molecule has 36 heavy (non-hydrogen) atoms. The lowest BCUT2D eigenvalue weighted by Crippen LogP contribution is -2.39. The molecule has 1 heterocycles. The van der Waals surface area contributed by atoms with Gasteiger partial charge in [-0.05, 0) is 61.4 Å². The zero-order valence-corrected chi connectivity index (χ0v) is 22.8. The number of halogens is 2. The van der Waals surface area contributed by atoms with E-state index in [1.165, 1.54) is 0 Å². The summed E-state index contributed by atoms with van der Waals surface area (Å²) in [6.07, 6.45) is 3.50. The van der Waals surface area contributed by atoms with Crippen molar-refractivity contribution in [2.75, 3.05) is 6.54 Å². The van der Waals surface area contributed by atoms with Gasteiger partial charge in [-0.1, -0.05) is 78.5 Å². The molecule has 0 aliphatic rings. The SMILES string of the molecule is CCCCCN(C(=O)c1cccc(Br)c1)C(CC)c1nc2ccccc2c(=O)n1-c1cccc(Cl)c1. The minimum Gasteiger partial charge on any atom is -0.328 e. The second-order valence-corrected chi connectivity index (χ2v) is 10.1. The summed E-state index contributed by atoms with van der Waals surface area (Å²) in [6, 6.07) is 21.5. The fourth-order valence-corrected chi connectivity index (χ4v) is 5.08. The van der Waals surface area contributed by atoms with Crippen LogP contribution >= 0.6 is 27.5 Å². The van der Waals surface area contributed by atoms with Gasteiger partial charge in [0.25, 0.3) is 11.5 Å². The van der Waals surface area contributed by atoms with Crippen molar-refractivity contribution >= 4 is 44.3 Å². The molecular weight excluding hydrogens is 538 g/mol. The molecule has 1 unspecified atom stereocenters. The summed E-state index contributed by atoms with van der Waals surface area (Å²) < 4.78 is 2.46. The highest BCUT2D eigenvalue weighted by Gasteiger charge is 2.29. The average molecular weight is 567 g/mol. The van der Waals surface area contributed by atoms with Crippen molar-refractivity contribution in [3.05, 3.63) is 104 Å². The Hall–Kier alpha value is -2.96. The van der Waals surface area contributed by atoms with Gasteiger partial charge in [0.1, 0.15) is 5.82 Å². The molecule has 3 aromatic carbocycles. The Morgan fingerprint density at radius 2 is 1.81 bits per heavy atom. The van der Waals surface area contributed by atoms with Crippen LogP contribution in [0, 0.1) is 0 Å². The van der Waals surface area contributed by atoms with Gasteiger partial charge in [0.05, 0.1) is 22.6 Å². The van der Waals surface area contributed by atoms with Gasteiger partial charge < -0.3 is 4.90 Å². The van der Waals surface area contributed by atoms with E-state index in [0.717, 1.165) is 23.7 Å². The molecule has 0 radical (unpaired) electrons. The second kappa shape index (κ2) is 11.8. The molecular formula is C29H29BrClN3O2. The summed E-state index contributed by atoms with van der Waals surface area (Å²) in [4.78, 5) is 34.5. The summed E-state index contributed by atoms with van der Waals surface area (Å²) in [5.74, 6) is 0.447. The molecule has 0 saturated carbocycles. The third kappa shape index (κ3) is 5.55. The van der Waals surface area contributed by atoms with Crippen LogP contribution in [-0.2, 0) is 0 Å². The van der Waals surface area contributed by atoms with E-state index in [4.69, 9.17) is 16.6 Å². The molecule has 0 bridgehead atoms. The number of fused-ring (bicyclic) bond motifs is 1. The van der Waals surface area contributed by atoms with Gasteiger partial charge in [-0.2, -0.15) is 0 Å². The summed E-state index contributed by atoms with van der Waals surface area (Å²) in [6.45, 7) is 4.73. The maximum absolute atomic E-state index is 13.9. The number of nitrogens with zero attached hydrogens (tertiary/aromatic N) is 3. The van der Waals surface area contributed by atoms with E-state index in [2.05, 4.69) is 22.9 Å². The first-order valence-corrected chi connectivity index (χ1v) is 13.5. The topological polar surface area (TPSA) is 55.2 Å². The molecule has 0 aliphatic carbocycles. The molecule has 1 aromatic heterocycles. The molecule has 4 aromatic rings. The zero-order chi connectivity index (χ0) is 25.7. The lowest BCUT2D eigenvalue weighted by atomic mass is 10.1. The molecule has 186 valence electrons. The molecule has 1 amide bonds. The Balaban J connectivity index is 1.93. The molecule has 0 N–H and O–H groups in total. The first-order valence-electron chi connectivity index (χ1n) is 12.3. The summed E-state index contributed by atoms with van der Waals surface area (Å²) in [5.41, 5.74) is 1.65. The average Bonchev–Trinajstić information content (AvgIpc) is 2.88. The maximum atomic E-state index is 13.9. The van der Waals surface area contributed by atoms with Crippen molar-refractivity contribution in [3.63, 3.8) is 0 Å². The van der Waals surface area contributed by atoms with Gasteiger partial charge in [-0.15, -0.1) is 0 Å². The van der Waals surface area contributed by atoms with Crippen molar-refractivity contribution in [2.45, 2.75) is 45.6 Å². The predicted octanol–water partition coefficient (Wildman–Crippen LogP) is 7.59. The fourth-order valence-electron chi connectivity index (χ4n) is 4.50. The highest BCUT2D eigenvalue weighted by Crippen LogP contribution is 2.29. The van der Waals surface area contributed by atoms with E-state index in [0.29, 0.717) is 46.0 Å². The number of carbonyl (C=O) groups excluding carboxylic acids is 1. The van der Waals surface area contributed by atoms with Crippen molar-refractivity contribution in [1.82, 2.24) is 14.5 Å². The van der Waals surface area contributed by atoms with Crippen LogP contribution < -0.4 is 5.56 Å². The van der Waals surface area contributed by atoms with Crippen molar-refractivity contribution in [2.24, 2.45) is 0 Å². The van der Waals surface area contributed by atoms with E-state index >= 15 is 0 Å². The molecule has 0 fully saturated rings. The number of benzene rings is 3. The van der Waals surface area contributed by atoms with Gasteiger partial charge >= 0.3 is 0 Å².